The van der Waals surface area contributed by atoms with Crippen molar-refractivity contribution in [1.29, 1.82) is 0 Å². The minimum atomic E-state index is -3.57. The van der Waals surface area contributed by atoms with E-state index in [0.717, 1.165) is 44.2 Å². The van der Waals surface area contributed by atoms with Crippen molar-refractivity contribution in [2.45, 2.75) is 56.4 Å². The van der Waals surface area contributed by atoms with Crippen molar-refractivity contribution in [3.63, 3.8) is 0 Å². The van der Waals surface area contributed by atoms with Crippen molar-refractivity contribution in [2.24, 2.45) is 13.0 Å². The van der Waals surface area contributed by atoms with Gasteiger partial charge in [0.25, 0.3) is 5.91 Å². The highest BCUT2D eigenvalue weighted by atomic mass is 32.2. The fourth-order valence-electron chi connectivity index (χ4n) is 4.84. The van der Waals surface area contributed by atoms with Gasteiger partial charge in [0.2, 0.25) is 10.0 Å². The lowest BCUT2D eigenvalue weighted by molar-refractivity contribution is 0.0673. The van der Waals surface area contributed by atoms with E-state index in [-0.39, 0.29) is 16.8 Å². The Hall–Kier alpha value is -2.12. The Balaban J connectivity index is 1.64. The molecule has 0 radical (unpaired) electrons. The third-order valence-electron chi connectivity index (χ3n) is 6.79. The third kappa shape index (κ3) is 4.58. The Kier molecular flexibility index (Phi) is 6.53. The Labute approximate surface area is 185 Å². The molecule has 2 atom stereocenters. The molecule has 0 spiro atoms. The van der Waals surface area contributed by atoms with Gasteiger partial charge >= 0.3 is 0 Å². The Morgan fingerprint density at radius 2 is 1.74 bits per heavy atom. The first-order valence-electron chi connectivity index (χ1n) is 11.4. The summed E-state index contributed by atoms with van der Waals surface area (Å²) in [5.74, 6) is 0.474. The number of nitrogens with zero attached hydrogens (tertiary/aromatic N) is 3. The summed E-state index contributed by atoms with van der Waals surface area (Å²) >= 11 is 0. The number of aryl methyl sites for hydroxylation is 1. The Morgan fingerprint density at radius 1 is 0.968 bits per heavy atom. The van der Waals surface area contributed by atoms with Crippen LogP contribution in [0.4, 0.5) is 0 Å². The molecule has 2 aromatic rings. The number of carbonyl (C=O) groups is 1. The predicted octanol–water partition coefficient (Wildman–Crippen LogP) is 4.20. The lowest BCUT2D eigenvalue weighted by atomic mass is 10.00. The highest BCUT2D eigenvalue weighted by Crippen LogP contribution is 2.34. The molecule has 0 saturated carbocycles. The number of rotatable bonds is 4. The average molecular weight is 444 g/mol. The molecular formula is C24H33N3O3S. The highest BCUT2D eigenvalue weighted by molar-refractivity contribution is 7.89. The zero-order valence-electron chi connectivity index (χ0n) is 18.5. The van der Waals surface area contributed by atoms with Crippen molar-refractivity contribution in [1.82, 2.24) is 13.8 Å². The van der Waals surface area contributed by atoms with Crippen molar-refractivity contribution >= 4 is 15.9 Å². The molecular weight excluding hydrogens is 410 g/mol. The number of likely N-dealkylation sites (tertiary alicyclic amines) is 1. The number of benzene rings is 1. The van der Waals surface area contributed by atoms with Crippen molar-refractivity contribution < 1.29 is 13.2 Å². The molecule has 0 bridgehead atoms. The van der Waals surface area contributed by atoms with Crippen LogP contribution in [0.1, 0.15) is 67.5 Å². The van der Waals surface area contributed by atoms with E-state index in [1.165, 1.54) is 0 Å². The summed E-state index contributed by atoms with van der Waals surface area (Å²) in [6, 6.07) is 10.7. The molecule has 0 N–H and O–H groups in total. The van der Waals surface area contributed by atoms with Crippen molar-refractivity contribution in [2.75, 3.05) is 19.6 Å². The van der Waals surface area contributed by atoms with Gasteiger partial charge in [-0.2, -0.15) is 4.31 Å². The number of aromatic nitrogens is 1. The van der Waals surface area contributed by atoms with E-state index in [2.05, 4.69) is 17.6 Å². The summed E-state index contributed by atoms with van der Waals surface area (Å²) in [7, 11) is -1.56. The van der Waals surface area contributed by atoms with Crippen molar-refractivity contribution in [3.05, 3.63) is 53.9 Å². The lowest BCUT2D eigenvalue weighted by Crippen LogP contribution is -2.37. The molecule has 0 aliphatic carbocycles. The molecule has 2 aliphatic heterocycles. The minimum Gasteiger partial charge on any atom is -0.353 e. The first kappa shape index (κ1) is 22.1. The lowest BCUT2D eigenvalue weighted by Gasteiger charge is -2.31. The van der Waals surface area contributed by atoms with E-state index in [4.69, 9.17) is 0 Å². The fourth-order valence-corrected chi connectivity index (χ4v) is 6.40. The molecule has 1 amide bonds. The second-order valence-corrected chi connectivity index (χ2v) is 11.0. The number of hydrogen-bond acceptors (Lipinski definition) is 3. The van der Waals surface area contributed by atoms with Crippen LogP contribution < -0.4 is 0 Å². The molecule has 2 aliphatic rings. The maximum atomic E-state index is 13.6. The molecule has 2 fully saturated rings. The second-order valence-electron chi connectivity index (χ2n) is 9.02. The van der Waals surface area contributed by atoms with Gasteiger partial charge in [0.05, 0.1) is 10.9 Å². The third-order valence-corrected chi connectivity index (χ3v) is 8.69. The normalized spacial score (nSPS) is 23.5. The zero-order chi connectivity index (χ0) is 22.0. The SMILES string of the molecule is C[C@H]1CC[C@H](c2cccn2C)N(C(=O)c2cccc(S(=O)(=O)N3CCCCC3)c2)CC1. The summed E-state index contributed by atoms with van der Waals surface area (Å²) in [5.41, 5.74) is 1.58. The summed E-state index contributed by atoms with van der Waals surface area (Å²) in [6.07, 6.45) is 7.80. The number of sulfonamides is 1. The van der Waals surface area contributed by atoms with Crippen LogP contribution in [0.25, 0.3) is 0 Å². The van der Waals surface area contributed by atoms with Gasteiger partial charge in [-0.15, -0.1) is 0 Å². The molecule has 4 rings (SSSR count). The molecule has 1 aromatic heterocycles. The number of amides is 1. The van der Waals surface area contributed by atoms with Gasteiger partial charge in [-0.05, 0) is 68.4 Å². The maximum Gasteiger partial charge on any atom is 0.254 e. The second kappa shape index (κ2) is 9.17. The van der Waals surface area contributed by atoms with Crippen LogP contribution in [0.5, 0.6) is 0 Å². The standard InChI is InChI=1S/C24H33N3O3S/c1-19-11-12-23(22-10-7-14-25(22)2)27(17-13-19)24(28)20-8-6-9-21(18-20)31(29,30)26-15-4-3-5-16-26/h6-10,14,18-19,23H,3-5,11-13,15-17H2,1-2H3/t19-,23+/m0/s1. The minimum absolute atomic E-state index is 0.000178. The largest absolute Gasteiger partial charge is 0.353 e. The van der Waals surface area contributed by atoms with E-state index in [9.17, 15) is 13.2 Å². The van der Waals surface area contributed by atoms with Gasteiger partial charge in [0.1, 0.15) is 0 Å². The Bertz CT molecular complexity index is 1020. The summed E-state index contributed by atoms with van der Waals surface area (Å²) in [6.45, 7) is 4.03. The average Bonchev–Trinajstić information content (AvgIpc) is 3.11. The summed E-state index contributed by atoms with van der Waals surface area (Å²) < 4.78 is 29.9. The van der Waals surface area contributed by atoms with Gasteiger partial charge in [0, 0.05) is 44.1 Å². The van der Waals surface area contributed by atoms with Crippen LogP contribution in [0.15, 0.2) is 47.5 Å². The van der Waals surface area contributed by atoms with Gasteiger partial charge in [-0.25, -0.2) is 8.42 Å². The van der Waals surface area contributed by atoms with Crippen LogP contribution in [-0.4, -0.2) is 47.7 Å². The van der Waals surface area contributed by atoms with E-state index in [1.807, 2.05) is 24.2 Å². The summed E-state index contributed by atoms with van der Waals surface area (Å²) in [5, 5.41) is 0. The quantitative estimate of drug-likeness (QED) is 0.711. The molecule has 0 unspecified atom stereocenters. The van der Waals surface area contributed by atoms with Crippen LogP contribution in [0, 0.1) is 5.92 Å². The van der Waals surface area contributed by atoms with Crippen LogP contribution in [0.2, 0.25) is 0 Å². The number of hydrogen-bond donors (Lipinski definition) is 0. The van der Waals surface area contributed by atoms with Crippen LogP contribution in [0.3, 0.4) is 0 Å². The van der Waals surface area contributed by atoms with E-state index >= 15 is 0 Å². The van der Waals surface area contributed by atoms with Gasteiger partial charge in [-0.3, -0.25) is 4.79 Å². The molecule has 7 heteroatoms. The van der Waals surface area contributed by atoms with Gasteiger partial charge in [-0.1, -0.05) is 19.4 Å². The number of carbonyl (C=O) groups excluding carboxylic acids is 1. The molecule has 6 nitrogen and oxygen atoms in total. The van der Waals surface area contributed by atoms with E-state index in [1.54, 1.807) is 28.6 Å². The van der Waals surface area contributed by atoms with Crippen molar-refractivity contribution in [3.8, 4) is 0 Å². The molecule has 2 saturated heterocycles. The highest BCUT2D eigenvalue weighted by Gasteiger charge is 2.32. The summed E-state index contributed by atoms with van der Waals surface area (Å²) in [4.78, 5) is 15.8. The first-order chi connectivity index (χ1) is 14.9. The van der Waals surface area contributed by atoms with Crippen LogP contribution >= 0.6 is 0 Å². The molecule has 1 aromatic carbocycles. The smallest absolute Gasteiger partial charge is 0.254 e. The predicted molar refractivity (Wildman–Crippen MR) is 121 cm³/mol. The zero-order valence-corrected chi connectivity index (χ0v) is 19.4. The van der Waals surface area contributed by atoms with Crippen LogP contribution in [-0.2, 0) is 17.1 Å². The monoisotopic (exact) mass is 443 g/mol. The topological polar surface area (TPSA) is 62.6 Å². The molecule has 31 heavy (non-hydrogen) atoms. The Morgan fingerprint density at radius 3 is 2.45 bits per heavy atom. The fraction of sp³-hybridized carbons (Fsp3) is 0.542. The molecule has 168 valence electrons. The van der Waals surface area contributed by atoms with E-state index < -0.39 is 10.0 Å². The van der Waals surface area contributed by atoms with Gasteiger partial charge in [0.15, 0.2) is 0 Å². The van der Waals surface area contributed by atoms with Gasteiger partial charge < -0.3 is 9.47 Å². The van der Waals surface area contributed by atoms with E-state index in [0.29, 0.717) is 31.1 Å². The maximum absolute atomic E-state index is 13.6. The molecule has 3 heterocycles. The number of piperidine rings is 1. The first-order valence-corrected chi connectivity index (χ1v) is 12.8.